The minimum absolute atomic E-state index is 0.115. The summed E-state index contributed by atoms with van der Waals surface area (Å²) < 4.78 is 51.2. The topological polar surface area (TPSA) is 33.6 Å². The lowest BCUT2D eigenvalue weighted by molar-refractivity contribution is 0.499. The Labute approximate surface area is 345 Å². The molecule has 0 radical (unpaired) electrons. The van der Waals surface area contributed by atoms with Gasteiger partial charge in [0.05, 0.1) is 39.0 Å². The van der Waals surface area contributed by atoms with Crippen LogP contribution in [0.4, 0.5) is 13.2 Å². The Kier molecular flexibility index (Phi) is 9.06. The number of rotatable bonds is 3. The van der Waals surface area contributed by atoms with Gasteiger partial charge in [0.2, 0.25) is 0 Å². The van der Waals surface area contributed by atoms with Crippen molar-refractivity contribution in [1.82, 2.24) is 9.13 Å². The molecule has 0 bridgehead atoms. The van der Waals surface area contributed by atoms with Crippen molar-refractivity contribution in [3.63, 3.8) is 0 Å². The molecule has 6 heteroatoms. The van der Waals surface area contributed by atoms with E-state index in [1.807, 2.05) is 9.13 Å². The lowest BCUT2D eigenvalue weighted by Gasteiger charge is -2.21. The Balaban J connectivity index is 1.58. The van der Waals surface area contributed by atoms with Gasteiger partial charge in [-0.3, -0.25) is 0 Å². The van der Waals surface area contributed by atoms with Crippen LogP contribution in [0.5, 0.6) is 0 Å². The summed E-state index contributed by atoms with van der Waals surface area (Å²) in [6.45, 7) is 26.2. The largest absolute Gasteiger partial charge is 0.308 e. The summed E-state index contributed by atoms with van der Waals surface area (Å²) in [4.78, 5) is 0. The normalized spacial score (nSPS) is 13.0. The van der Waals surface area contributed by atoms with Crippen LogP contribution in [0.3, 0.4) is 0 Å². The minimum Gasteiger partial charge on any atom is -0.308 e. The van der Waals surface area contributed by atoms with Crippen molar-refractivity contribution in [2.75, 3.05) is 0 Å². The Bertz CT molecular complexity index is 2750. The predicted octanol–water partition coefficient (Wildman–Crippen LogP) is 15.0. The van der Waals surface area contributed by atoms with Gasteiger partial charge < -0.3 is 9.13 Å². The van der Waals surface area contributed by atoms with Gasteiger partial charge in [0.15, 0.2) is 11.6 Å². The first-order chi connectivity index (χ1) is 27.5. The van der Waals surface area contributed by atoms with Crippen molar-refractivity contribution in [3.8, 4) is 28.6 Å². The average Bonchev–Trinajstić information content (AvgIpc) is 3.66. The molecule has 6 aromatic carbocycles. The molecule has 59 heavy (non-hydrogen) atoms. The fourth-order valence-electron chi connectivity index (χ4n) is 8.45. The highest BCUT2D eigenvalue weighted by molar-refractivity contribution is 6.12. The summed E-state index contributed by atoms with van der Waals surface area (Å²) in [6.07, 6.45) is 0. The first-order valence-electron chi connectivity index (χ1n) is 20.4. The second-order valence-electron chi connectivity index (χ2n) is 20.3. The lowest BCUT2D eigenvalue weighted by Crippen LogP contribution is -2.11. The highest BCUT2D eigenvalue weighted by Crippen LogP contribution is 2.44. The third-order valence-electron chi connectivity index (χ3n) is 12.0. The van der Waals surface area contributed by atoms with Crippen LogP contribution in [0.2, 0.25) is 0 Å². The van der Waals surface area contributed by atoms with E-state index in [4.69, 9.17) is 0 Å². The summed E-state index contributed by atoms with van der Waals surface area (Å²) in [5.41, 5.74) is 8.19. The van der Waals surface area contributed by atoms with Crippen LogP contribution in [0.1, 0.15) is 111 Å². The first kappa shape index (κ1) is 40.0. The second kappa shape index (κ2) is 13.4. The van der Waals surface area contributed by atoms with Crippen LogP contribution in [-0.2, 0) is 21.7 Å². The van der Waals surface area contributed by atoms with E-state index in [-0.39, 0.29) is 27.2 Å². The molecule has 0 saturated heterocycles. The van der Waals surface area contributed by atoms with Crippen molar-refractivity contribution in [3.05, 3.63) is 142 Å². The maximum atomic E-state index is 16.0. The third kappa shape index (κ3) is 6.60. The van der Waals surface area contributed by atoms with Gasteiger partial charge in [0.25, 0.3) is 0 Å². The van der Waals surface area contributed by atoms with Gasteiger partial charge in [-0.1, -0.05) is 107 Å². The molecule has 0 spiro atoms. The lowest BCUT2D eigenvalue weighted by atomic mass is 9.85. The molecular weight excluding hydrogens is 736 g/mol. The molecule has 8 rings (SSSR count). The summed E-state index contributed by atoms with van der Waals surface area (Å²) in [5, 5.41) is 15.4. The molecule has 300 valence electrons. The van der Waals surface area contributed by atoms with Crippen LogP contribution in [0.15, 0.2) is 97.1 Å². The first-order valence-corrected chi connectivity index (χ1v) is 20.4. The van der Waals surface area contributed by atoms with Crippen molar-refractivity contribution < 1.29 is 13.2 Å². The van der Waals surface area contributed by atoms with Crippen LogP contribution in [0, 0.1) is 28.8 Å². The zero-order valence-corrected chi connectivity index (χ0v) is 36.2. The number of halogens is 3. The number of nitrogens with zero attached hydrogens (tertiary/aromatic N) is 3. The van der Waals surface area contributed by atoms with Gasteiger partial charge in [0, 0.05) is 21.5 Å². The number of fused-ring (bicyclic) bond motifs is 6. The van der Waals surface area contributed by atoms with Gasteiger partial charge in [-0.05, 0) is 122 Å². The van der Waals surface area contributed by atoms with E-state index in [1.54, 1.807) is 12.1 Å². The molecule has 0 atom stereocenters. The highest BCUT2D eigenvalue weighted by atomic mass is 19.2. The molecule has 0 unspecified atom stereocenters. The number of aromatic nitrogens is 2. The number of hydrogen-bond donors (Lipinski definition) is 0. The molecule has 3 nitrogen and oxygen atoms in total. The zero-order chi connectivity index (χ0) is 42.7. The van der Waals surface area contributed by atoms with Crippen LogP contribution >= 0.6 is 0 Å². The fraction of sp³-hybridized carbons (Fsp3) is 0.302. The monoisotopic (exact) mass is 787 g/mol. The van der Waals surface area contributed by atoms with Crippen LogP contribution in [0.25, 0.3) is 66.1 Å². The van der Waals surface area contributed by atoms with Crippen LogP contribution < -0.4 is 0 Å². The van der Waals surface area contributed by atoms with Gasteiger partial charge in [-0.25, -0.2) is 13.2 Å². The highest BCUT2D eigenvalue weighted by Gasteiger charge is 2.28. The molecule has 0 aliphatic rings. The van der Waals surface area contributed by atoms with Crippen molar-refractivity contribution in [1.29, 1.82) is 5.26 Å². The molecule has 0 aliphatic carbocycles. The smallest absolute Gasteiger partial charge is 0.169 e. The molecule has 2 aromatic heterocycles. The maximum absolute atomic E-state index is 16.0. The van der Waals surface area contributed by atoms with E-state index in [0.717, 1.165) is 78.0 Å². The van der Waals surface area contributed by atoms with Gasteiger partial charge in [-0.2, -0.15) is 5.26 Å². The Morgan fingerprint density at radius 2 is 0.729 bits per heavy atom. The van der Waals surface area contributed by atoms with Crippen molar-refractivity contribution >= 4 is 43.6 Å². The van der Waals surface area contributed by atoms with E-state index in [0.29, 0.717) is 16.9 Å². The maximum Gasteiger partial charge on any atom is 0.169 e. The average molecular weight is 788 g/mol. The number of hydrogen-bond acceptors (Lipinski definition) is 1. The summed E-state index contributed by atoms with van der Waals surface area (Å²) in [5.74, 6) is -3.34. The molecule has 2 heterocycles. The molecule has 0 fully saturated rings. The quantitative estimate of drug-likeness (QED) is 0.164. The Morgan fingerprint density at radius 1 is 0.424 bits per heavy atom. The molecular formula is C53H52F3N3. The third-order valence-corrected chi connectivity index (χ3v) is 12.0. The fourth-order valence-corrected chi connectivity index (χ4v) is 8.45. The standard InChI is InChI=1S/C53H52F3N3/c1-50(2,3)31-13-19-42-35(25-31)36-26-32(51(4,5)6)14-20-43(36)58(42)46-23-30(48-40(54)17-18-41(55)49(48)56)24-47(39(46)29-57)59-44-21-15-33(52(7,8)9)27-37(44)38-28-34(53(10,11)12)16-22-45(38)59/h13-28H,1-12H3. The van der Waals surface area contributed by atoms with E-state index in [2.05, 4.69) is 162 Å². The van der Waals surface area contributed by atoms with Crippen LogP contribution in [-0.4, -0.2) is 9.13 Å². The summed E-state index contributed by atoms with van der Waals surface area (Å²) in [6, 6.07) is 33.2. The van der Waals surface area contributed by atoms with Crippen molar-refractivity contribution in [2.24, 2.45) is 0 Å². The van der Waals surface area contributed by atoms with Crippen molar-refractivity contribution in [2.45, 2.75) is 105 Å². The van der Waals surface area contributed by atoms with E-state index < -0.39 is 23.0 Å². The predicted molar refractivity (Wildman–Crippen MR) is 240 cm³/mol. The van der Waals surface area contributed by atoms with E-state index in [9.17, 15) is 5.26 Å². The van der Waals surface area contributed by atoms with Gasteiger partial charge in [-0.15, -0.1) is 0 Å². The summed E-state index contributed by atoms with van der Waals surface area (Å²) in [7, 11) is 0. The number of nitriles is 1. The molecule has 0 saturated carbocycles. The Hall–Kier alpha value is -5.80. The SMILES string of the molecule is CC(C)(C)c1ccc2c(c1)c1cc(C(C)(C)C)ccc1n2-c1cc(-c2c(F)ccc(F)c2F)cc(-n2c3ccc(C(C)(C)C)cc3c3cc(C(C)(C)C)ccc32)c1C#N. The zero-order valence-electron chi connectivity index (χ0n) is 36.2. The minimum atomic E-state index is -1.29. The molecule has 0 amide bonds. The Morgan fingerprint density at radius 3 is 1.02 bits per heavy atom. The molecule has 8 aromatic rings. The summed E-state index contributed by atoms with van der Waals surface area (Å²) >= 11 is 0. The second-order valence-corrected chi connectivity index (χ2v) is 20.3. The molecule has 0 N–H and O–H groups in total. The van der Waals surface area contributed by atoms with Gasteiger partial charge >= 0.3 is 0 Å². The van der Waals surface area contributed by atoms with Gasteiger partial charge in [0.1, 0.15) is 17.4 Å². The van der Waals surface area contributed by atoms with E-state index in [1.165, 1.54) is 0 Å². The van der Waals surface area contributed by atoms with E-state index >= 15 is 13.2 Å². The molecule has 0 aliphatic heterocycles. The number of benzene rings is 6.